The molecule has 1 rings (SSSR count). The molecular weight excluding hydrogens is 175 g/mol. The predicted octanol–water partition coefficient (Wildman–Crippen LogP) is 2.47. The number of aromatic hydroxyl groups is 1. The zero-order valence-corrected chi connectivity index (χ0v) is 7.26. The van der Waals surface area contributed by atoms with Crippen LogP contribution in [-0.4, -0.2) is 10.9 Å². The van der Waals surface area contributed by atoms with Crippen molar-refractivity contribution in [3.8, 4) is 5.75 Å². The van der Waals surface area contributed by atoms with Crippen LogP contribution >= 0.6 is 12.6 Å². The second-order valence-corrected chi connectivity index (χ2v) is 2.63. The molecule has 0 bridgehead atoms. The van der Waals surface area contributed by atoms with Crippen LogP contribution < -0.4 is 0 Å². The molecule has 0 radical (unpaired) electrons. The van der Waals surface area contributed by atoms with Gasteiger partial charge in [-0.1, -0.05) is 24.3 Å². The van der Waals surface area contributed by atoms with Crippen LogP contribution in [0, 0.1) is 5.82 Å². The Morgan fingerprint density at radius 3 is 2.92 bits per heavy atom. The Morgan fingerprint density at radius 1 is 1.50 bits per heavy atom. The van der Waals surface area contributed by atoms with E-state index in [1.165, 1.54) is 6.07 Å². The summed E-state index contributed by atoms with van der Waals surface area (Å²) in [6.07, 6.45) is 3.29. The van der Waals surface area contributed by atoms with Crippen LogP contribution in [-0.2, 0) is 0 Å². The number of hydrogen-bond donors (Lipinski definition) is 2. The summed E-state index contributed by atoms with van der Waals surface area (Å²) in [7, 11) is 0. The van der Waals surface area contributed by atoms with Gasteiger partial charge in [-0.2, -0.15) is 12.6 Å². The molecular formula is C9H9FOS. The first-order valence-corrected chi connectivity index (χ1v) is 4.14. The molecule has 0 amide bonds. The third kappa shape index (κ3) is 2.01. The lowest BCUT2D eigenvalue weighted by Gasteiger charge is -1.97. The summed E-state index contributed by atoms with van der Waals surface area (Å²) in [6, 6.07) is 4.50. The fourth-order valence-corrected chi connectivity index (χ4v) is 0.951. The summed E-state index contributed by atoms with van der Waals surface area (Å²) >= 11 is 3.94. The third-order valence-corrected chi connectivity index (χ3v) is 1.62. The minimum absolute atomic E-state index is 0.323. The van der Waals surface area contributed by atoms with Crippen molar-refractivity contribution in [1.29, 1.82) is 0 Å². The number of benzene rings is 1. The minimum Gasteiger partial charge on any atom is -0.505 e. The van der Waals surface area contributed by atoms with Crippen LogP contribution in [0.25, 0.3) is 6.08 Å². The summed E-state index contributed by atoms with van der Waals surface area (Å²) in [5.41, 5.74) is 0.379. The molecule has 64 valence electrons. The van der Waals surface area contributed by atoms with E-state index in [-0.39, 0.29) is 5.75 Å². The first-order valence-electron chi connectivity index (χ1n) is 3.50. The number of thiol groups is 1. The molecule has 0 aliphatic carbocycles. The molecule has 0 fully saturated rings. The van der Waals surface area contributed by atoms with Crippen LogP contribution in [0.4, 0.5) is 4.39 Å². The lowest BCUT2D eigenvalue weighted by molar-refractivity contribution is 0.432. The van der Waals surface area contributed by atoms with E-state index >= 15 is 0 Å². The number of halogens is 1. The topological polar surface area (TPSA) is 20.2 Å². The van der Waals surface area contributed by atoms with E-state index in [0.29, 0.717) is 11.3 Å². The third-order valence-electron chi connectivity index (χ3n) is 1.41. The SMILES string of the molecule is Oc1cccc(C=CCS)c1F. The average molecular weight is 184 g/mol. The van der Waals surface area contributed by atoms with Gasteiger partial charge in [-0.15, -0.1) is 0 Å². The van der Waals surface area contributed by atoms with Gasteiger partial charge in [-0.3, -0.25) is 0 Å². The molecule has 3 heteroatoms. The molecule has 12 heavy (non-hydrogen) atoms. The van der Waals surface area contributed by atoms with E-state index in [0.717, 1.165) is 0 Å². The highest BCUT2D eigenvalue weighted by atomic mass is 32.1. The molecule has 0 saturated carbocycles. The first kappa shape index (κ1) is 9.13. The van der Waals surface area contributed by atoms with Crippen LogP contribution in [0.3, 0.4) is 0 Å². The highest BCUT2D eigenvalue weighted by molar-refractivity contribution is 7.80. The van der Waals surface area contributed by atoms with Gasteiger partial charge in [0.15, 0.2) is 11.6 Å². The van der Waals surface area contributed by atoms with Gasteiger partial charge in [0.2, 0.25) is 0 Å². The molecule has 0 aliphatic heterocycles. The van der Waals surface area contributed by atoms with Crippen molar-refractivity contribution in [2.24, 2.45) is 0 Å². The van der Waals surface area contributed by atoms with Crippen LogP contribution in [0.5, 0.6) is 5.75 Å². The summed E-state index contributed by atoms with van der Waals surface area (Å²) < 4.78 is 13.0. The molecule has 0 spiro atoms. The van der Waals surface area contributed by atoms with E-state index in [9.17, 15) is 4.39 Å². The van der Waals surface area contributed by atoms with Crippen molar-refractivity contribution in [2.45, 2.75) is 0 Å². The molecule has 0 aromatic heterocycles. The van der Waals surface area contributed by atoms with Gasteiger partial charge >= 0.3 is 0 Å². The van der Waals surface area contributed by atoms with Crippen molar-refractivity contribution >= 4 is 18.7 Å². The van der Waals surface area contributed by atoms with Gasteiger partial charge in [0.05, 0.1) is 0 Å². The van der Waals surface area contributed by atoms with E-state index in [4.69, 9.17) is 5.11 Å². The molecule has 0 saturated heterocycles. The molecule has 0 aliphatic rings. The number of phenolic OH excluding ortho intramolecular Hbond substituents is 1. The van der Waals surface area contributed by atoms with Crippen molar-refractivity contribution in [1.82, 2.24) is 0 Å². The monoisotopic (exact) mass is 184 g/mol. The Balaban J connectivity index is 3.00. The largest absolute Gasteiger partial charge is 0.505 e. The fourth-order valence-electron chi connectivity index (χ4n) is 0.846. The van der Waals surface area contributed by atoms with Gasteiger partial charge in [0.25, 0.3) is 0 Å². The van der Waals surface area contributed by atoms with Crippen molar-refractivity contribution < 1.29 is 9.50 Å². The summed E-state index contributed by atoms with van der Waals surface area (Å²) in [5.74, 6) is -0.360. The molecule has 0 unspecified atom stereocenters. The highest BCUT2D eigenvalue weighted by Crippen LogP contribution is 2.19. The number of phenols is 1. The fraction of sp³-hybridized carbons (Fsp3) is 0.111. The van der Waals surface area contributed by atoms with Gasteiger partial charge in [-0.05, 0) is 6.07 Å². The molecule has 1 nitrogen and oxygen atoms in total. The smallest absolute Gasteiger partial charge is 0.171 e. The maximum Gasteiger partial charge on any atom is 0.171 e. The van der Waals surface area contributed by atoms with Crippen molar-refractivity contribution in [3.05, 3.63) is 35.7 Å². The zero-order valence-electron chi connectivity index (χ0n) is 6.37. The first-order chi connectivity index (χ1) is 5.75. The van der Waals surface area contributed by atoms with E-state index < -0.39 is 5.82 Å². The molecule has 1 N–H and O–H groups in total. The standard InChI is InChI=1S/C9H9FOS/c10-9-7(4-2-6-12)3-1-5-8(9)11/h1-5,11-12H,6H2. The van der Waals surface area contributed by atoms with Crippen LogP contribution in [0.1, 0.15) is 5.56 Å². The summed E-state index contributed by atoms with van der Waals surface area (Å²) in [4.78, 5) is 0. The van der Waals surface area contributed by atoms with E-state index in [1.54, 1.807) is 24.3 Å². The maximum absolute atomic E-state index is 13.0. The Kier molecular flexibility index (Phi) is 3.17. The van der Waals surface area contributed by atoms with Crippen molar-refractivity contribution in [3.63, 3.8) is 0 Å². The quantitative estimate of drug-likeness (QED) is 0.676. The predicted molar refractivity (Wildman–Crippen MR) is 51.0 cm³/mol. The molecule has 0 heterocycles. The Hall–Kier alpha value is -0.960. The minimum atomic E-state index is -0.587. The summed E-state index contributed by atoms with van der Waals surface area (Å²) in [6.45, 7) is 0. The zero-order chi connectivity index (χ0) is 8.97. The van der Waals surface area contributed by atoms with Crippen LogP contribution in [0.2, 0.25) is 0 Å². The number of rotatable bonds is 2. The normalized spacial score (nSPS) is 10.8. The lowest BCUT2D eigenvalue weighted by atomic mass is 10.2. The van der Waals surface area contributed by atoms with Gasteiger partial charge in [0, 0.05) is 11.3 Å². The second kappa shape index (κ2) is 4.16. The van der Waals surface area contributed by atoms with Gasteiger partial charge < -0.3 is 5.11 Å². The van der Waals surface area contributed by atoms with E-state index in [2.05, 4.69) is 12.6 Å². The molecule has 1 aromatic carbocycles. The second-order valence-electron chi connectivity index (χ2n) is 2.27. The Labute approximate surface area is 76.0 Å². The maximum atomic E-state index is 13.0. The summed E-state index contributed by atoms with van der Waals surface area (Å²) in [5, 5.41) is 8.97. The van der Waals surface area contributed by atoms with Crippen LogP contribution in [0.15, 0.2) is 24.3 Å². The molecule has 0 atom stereocenters. The molecule has 1 aromatic rings. The van der Waals surface area contributed by atoms with Gasteiger partial charge in [0.1, 0.15) is 0 Å². The Bertz CT molecular complexity index is 297. The number of hydrogen-bond acceptors (Lipinski definition) is 2. The van der Waals surface area contributed by atoms with Crippen molar-refractivity contribution in [2.75, 3.05) is 5.75 Å². The average Bonchev–Trinajstić information content (AvgIpc) is 2.08. The lowest BCUT2D eigenvalue weighted by Crippen LogP contribution is -1.81. The van der Waals surface area contributed by atoms with Gasteiger partial charge in [-0.25, -0.2) is 4.39 Å². The highest BCUT2D eigenvalue weighted by Gasteiger charge is 2.02. The Morgan fingerprint density at radius 2 is 2.25 bits per heavy atom. The van der Waals surface area contributed by atoms with E-state index in [1.807, 2.05) is 0 Å².